The third-order valence-corrected chi connectivity index (χ3v) is 3.01. The maximum absolute atomic E-state index is 11.8. The molecular formula is C12H14N4O2. The standard InChI is InChI=1S/C12H14N4O2/c13-9-6-12(17)15(7-9)11-3-4-14-16(11)8-10-2-1-5-18-10/h1-5,9H,6-8,13H2. The molecule has 1 fully saturated rings. The fraction of sp³-hybridized carbons (Fsp3) is 0.333. The summed E-state index contributed by atoms with van der Waals surface area (Å²) in [5.41, 5.74) is 5.80. The van der Waals surface area contributed by atoms with Crippen molar-refractivity contribution >= 4 is 11.7 Å². The van der Waals surface area contributed by atoms with Crippen LogP contribution in [-0.2, 0) is 11.3 Å². The number of anilines is 1. The van der Waals surface area contributed by atoms with Crippen molar-refractivity contribution in [2.45, 2.75) is 19.0 Å². The minimum Gasteiger partial charge on any atom is -0.467 e. The van der Waals surface area contributed by atoms with Gasteiger partial charge in [-0.3, -0.25) is 9.69 Å². The zero-order chi connectivity index (χ0) is 12.5. The molecular weight excluding hydrogens is 232 g/mol. The van der Waals surface area contributed by atoms with Crippen LogP contribution in [0, 0.1) is 0 Å². The first-order chi connectivity index (χ1) is 8.74. The minimum absolute atomic E-state index is 0.0451. The highest BCUT2D eigenvalue weighted by Crippen LogP contribution is 2.21. The topological polar surface area (TPSA) is 77.3 Å². The lowest BCUT2D eigenvalue weighted by Crippen LogP contribution is -2.30. The van der Waals surface area contributed by atoms with Gasteiger partial charge in [-0.25, -0.2) is 4.68 Å². The summed E-state index contributed by atoms with van der Waals surface area (Å²) in [6.45, 7) is 1.05. The lowest BCUT2D eigenvalue weighted by Gasteiger charge is -2.17. The van der Waals surface area contributed by atoms with E-state index in [9.17, 15) is 4.79 Å². The summed E-state index contributed by atoms with van der Waals surface area (Å²) in [5.74, 6) is 1.61. The number of amides is 1. The summed E-state index contributed by atoms with van der Waals surface area (Å²) in [6, 6.07) is 5.43. The van der Waals surface area contributed by atoms with Crippen LogP contribution in [0.5, 0.6) is 0 Å². The molecule has 0 aromatic carbocycles. The molecule has 3 heterocycles. The Labute approximate surface area is 104 Å². The molecule has 2 aromatic heterocycles. The van der Waals surface area contributed by atoms with Gasteiger partial charge < -0.3 is 10.2 Å². The minimum atomic E-state index is -0.0931. The van der Waals surface area contributed by atoms with E-state index in [0.717, 1.165) is 11.6 Å². The number of hydrogen-bond donors (Lipinski definition) is 1. The van der Waals surface area contributed by atoms with Crippen molar-refractivity contribution in [1.29, 1.82) is 0 Å². The molecule has 1 saturated heterocycles. The summed E-state index contributed by atoms with van der Waals surface area (Å²) < 4.78 is 7.03. The van der Waals surface area contributed by atoms with E-state index in [1.807, 2.05) is 18.2 Å². The van der Waals surface area contributed by atoms with Crippen molar-refractivity contribution in [2.24, 2.45) is 5.73 Å². The van der Waals surface area contributed by atoms with Gasteiger partial charge in [0, 0.05) is 25.1 Å². The highest BCUT2D eigenvalue weighted by atomic mass is 16.3. The Morgan fingerprint density at radius 3 is 3.06 bits per heavy atom. The van der Waals surface area contributed by atoms with E-state index in [-0.39, 0.29) is 11.9 Å². The lowest BCUT2D eigenvalue weighted by atomic mass is 10.3. The third kappa shape index (κ3) is 1.91. The van der Waals surface area contributed by atoms with E-state index in [2.05, 4.69) is 5.10 Å². The van der Waals surface area contributed by atoms with Crippen LogP contribution in [0.15, 0.2) is 35.1 Å². The van der Waals surface area contributed by atoms with E-state index < -0.39 is 0 Å². The molecule has 0 radical (unpaired) electrons. The van der Waals surface area contributed by atoms with E-state index in [4.69, 9.17) is 10.2 Å². The Kier molecular flexibility index (Phi) is 2.64. The van der Waals surface area contributed by atoms with E-state index in [1.54, 1.807) is 22.0 Å². The average molecular weight is 246 g/mol. The molecule has 1 unspecified atom stereocenters. The van der Waals surface area contributed by atoms with Gasteiger partial charge >= 0.3 is 0 Å². The van der Waals surface area contributed by atoms with Crippen LogP contribution in [0.4, 0.5) is 5.82 Å². The fourth-order valence-electron chi connectivity index (χ4n) is 2.18. The van der Waals surface area contributed by atoms with Gasteiger partial charge in [0.05, 0.1) is 12.5 Å². The summed E-state index contributed by atoms with van der Waals surface area (Å²) >= 11 is 0. The highest BCUT2D eigenvalue weighted by Gasteiger charge is 2.30. The SMILES string of the molecule is NC1CC(=O)N(c2ccnn2Cc2ccco2)C1. The third-order valence-electron chi connectivity index (χ3n) is 3.01. The zero-order valence-corrected chi connectivity index (χ0v) is 9.82. The molecule has 1 atom stereocenters. The predicted octanol–water partition coefficient (Wildman–Crippen LogP) is 0.588. The Hall–Kier alpha value is -2.08. The molecule has 2 N–H and O–H groups in total. The van der Waals surface area contributed by atoms with Gasteiger partial charge in [-0.05, 0) is 12.1 Å². The maximum atomic E-state index is 11.8. The van der Waals surface area contributed by atoms with Crippen LogP contribution in [0.3, 0.4) is 0 Å². The smallest absolute Gasteiger partial charge is 0.229 e. The quantitative estimate of drug-likeness (QED) is 0.859. The highest BCUT2D eigenvalue weighted by molar-refractivity contribution is 5.95. The number of nitrogens with two attached hydrogens (primary N) is 1. The van der Waals surface area contributed by atoms with Crippen LogP contribution >= 0.6 is 0 Å². The summed E-state index contributed by atoms with van der Waals surface area (Å²) in [5, 5.41) is 4.22. The second-order valence-electron chi connectivity index (χ2n) is 4.39. The maximum Gasteiger partial charge on any atom is 0.229 e. The largest absolute Gasteiger partial charge is 0.467 e. The fourth-order valence-corrected chi connectivity index (χ4v) is 2.18. The first-order valence-electron chi connectivity index (χ1n) is 5.84. The van der Waals surface area contributed by atoms with Crippen molar-refractivity contribution in [1.82, 2.24) is 9.78 Å². The normalized spacial score (nSPS) is 19.7. The number of aromatic nitrogens is 2. The van der Waals surface area contributed by atoms with Crippen LogP contribution in [0.25, 0.3) is 0 Å². The van der Waals surface area contributed by atoms with Gasteiger partial charge in [-0.15, -0.1) is 0 Å². The molecule has 1 aliphatic rings. The van der Waals surface area contributed by atoms with Crippen LogP contribution in [-0.4, -0.2) is 28.3 Å². The number of rotatable bonds is 3. The molecule has 0 aliphatic carbocycles. The van der Waals surface area contributed by atoms with Crippen LogP contribution in [0.2, 0.25) is 0 Å². The number of hydrogen-bond acceptors (Lipinski definition) is 4. The number of furan rings is 1. The molecule has 0 saturated carbocycles. The second kappa shape index (κ2) is 4.30. The van der Waals surface area contributed by atoms with Crippen molar-refractivity contribution in [3.05, 3.63) is 36.4 Å². The van der Waals surface area contributed by atoms with Gasteiger partial charge in [-0.1, -0.05) is 0 Å². The molecule has 2 aromatic rings. The Balaban J connectivity index is 1.85. The summed E-state index contributed by atoms with van der Waals surface area (Å²) in [4.78, 5) is 13.5. The van der Waals surface area contributed by atoms with Gasteiger partial charge in [0.1, 0.15) is 18.1 Å². The van der Waals surface area contributed by atoms with Gasteiger partial charge in [0.25, 0.3) is 0 Å². The summed E-state index contributed by atoms with van der Waals surface area (Å²) in [7, 11) is 0. The Morgan fingerprint density at radius 2 is 2.39 bits per heavy atom. The molecule has 94 valence electrons. The molecule has 3 rings (SSSR count). The van der Waals surface area contributed by atoms with Crippen LogP contribution < -0.4 is 10.6 Å². The van der Waals surface area contributed by atoms with Crippen molar-refractivity contribution in [2.75, 3.05) is 11.4 Å². The van der Waals surface area contributed by atoms with Gasteiger partial charge in [-0.2, -0.15) is 5.10 Å². The average Bonchev–Trinajstić information content (AvgIpc) is 3.02. The molecule has 6 nitrogen and oxygen atoms in total. The van der Waals surface area contributed by atoms with Gasteiger partial charge in [0.2, 0.25) is 5.91 Å². The van der Waals surface area contributed by atoms with E-state index in [1.165, 1.54) is 0 Å². The zero-order valence-electron chi connectivity index (χ0n) is 9.82. The number of nitrogens with zero attached hydrogens (tertiary/aromatic N) is 3. The molecule has 1 aliphatic heterocycles. The first kappa shape index (κ1) is 11.0. The van der Waals surface area contributed by atoms with Crippen molar-refractivity contribution in [3.8, 4) is 0 Å². The molecule has 1 amide bonds. The molecule has 0 bridgehead atoms. The molecule has 0 spiro atoms. The number of carbonyl (C=O) groups is 1. The predicted molar refractivity (Wildman–Crippen MR) is 65.0 cm³/mol. The Morgan fingerprint density at radius 1 is 1.50 bits per heavy atom. The second-order valence-corrected chi connectivity index (χ2v) is 4.39. The van der Waals surface area contributed by atoms with Crippen molar-refractivity contribution in [3.63, 3.8) is 0 Å². The van der Waals surface area contributed by atoms with Crippen LogP contribution in [0.1, 0.15) is 12.2 Å². The van der Waals surface area contributed by atoms with Gasteiger partial charge in [0.15, 0.2) is 0 Å². The number of carbonyl (C=O) groups excluding carboxylic acids is 1. The van der Waals surface area contributed by atoms with E-state index in [0.29, 0.717) is 19.5 Å². The lowest BCUT2D eigenvalue weighted by molar-refractivity contribution is -0.117. The Bertz CT molecular complexity index is 546. The molecule has 6 heteroatoms. The first-order valence-corrected chi connectivity index (χ1v) is 5.84. The summed E-state index contributed by atoms with van der Waals surface area (Å²) in [6.07, 6.45) is 3.69. The monoisotopic (exact) mass is 246 g/mol. The molecule has 18 heavy (non-hydrogen) atoms. The van der Waals surface area contributed by atoms with E-state index >= 15 is 0 Å². The van der Waals surface area contributed by atoms with Crippen molar-refractivity contribution < 1.29 is 9.21 Å².